The van der Waals surface area contributed by atoms with Gasteiger partial charge in [-0.2, -0.15) is 0 Å². The molecule has 0 bridgehead atoms. The summed E-state index contributed by atoms with van der Waals surface area (Å²) < 4.78 is 5.18. The van der Waals surface area contributed by atoms with Gasteiger partial charge in [-0.3, -0.25) is 14.4 Å². The van der Waals surface area contributed by atoms with Gasteiger partial charge in [-0.25, -0.2) is 0 Å². The topological polar surface area (TPSA) is 114 Å². The van der Waals surface area contributed by atoms with Gasteiger partial charge in [-0.1, -0.05) is 13.8 Å². The first-order chi connectivity index (χ1) is 10.3. The number of carbonyl (C=O) groups excluding carboxylic acids is 3. The minimum Gasteiger partial charge on any atom is -0.378 e. The molecule has 0 aliphatic carbocycles. The van der Waals surface area contributed by atoms with Crippen molar-refractivity contribution in [3.8, 4) is 0 Å². The summed E-state index contributed by atoms with van der Waals surface area (Å²) >= 11 is 0. The third kappa shape index (κ3) is 5.61. The molecule has 1 rings (SSSR count). The number of nitrogens with zero attached hydrogens (tertiary/aromatic N) is 1. The van der Waals surface area contributed by atoms with Crippen molar-refractivity contribution in [2.75, 3.05) is 32.8 Å². The molecule has 0 aromatic heterocycles. The van der Waals surface area contributed by atoms with Gasteiger partial charge in [-0.15, -0.1) is 0 Å². The quantitative estimate of drug-likeness (QED) is 0.549. The molecule has 126 valence electrons. The van der Waals surface area contributed by atoms with Crippen LogP contribution in [-0.2, 0) is 19.1 Å². The molecule has 1 fully saturated rings. The minimum absolute atomic E-state index is 0.00937. The van der Waals surface area contributed by atoms with Gasteiger partial charge in [0.25, 0.3) is 0 Å². The minimum atomic E-state index is -0.653. The Morgan fingerprint density at radius 3 is 2.32 bits per heavy atom. The summed E-state index contributed by atoms with van der Waals surface area (Å²) in [6, 6.07) is -1.29. The van der Waals surface area contributed by atoms with E-state index in [9.17, 15) is 14.4 Å². The number of hydrogen-bond acceptors (Lipinski definition) is 5. The zero-order chi connectivity index (χ0) is 16.7. The lowest BCUT2D eigenvalue weighted by atomic mass is 10.1. The predicted octanol–water partition coefficient (Wildman–Crippen LogP) is -1.55. The van der Waals surface area contributed by atoms with Crippen molar-refractivity contribution in [2.45, 2.75) is 32.9 Å². The van der Waals surface area contributed by atoms with Crippen LogP contribution in [0.2, 0.25) is 0 Å². The third-order valence-corrected chi connectivity index (χ3v) is 3.51. The summed E-state index contributed by atoms with van der Waals surface area (Å²) in [5, 5.41) is 5.04. The largest absolute Gasteiger partial charge is 0.378 e. The number of ether oxygens (including phenoxy) is 1. The fraction of sp³-hybridized carbons (Fsp3) is 0.786. The Balaban J connectivity index is 2.34. The molecule has 22 heavy (non-hydrogen) atoms. The Labute approximate surface area is 130 Å². The van der Waals surface area contributed by atoms with Gasteiger partial charge in [-0.05, 0) is 12.8 Å². The fourth-order valence-corrected chi connectivity index (χ4v) is 2.00. The van der Waals surface area contributed by atoms with Gasteiger partial charge in [0.05, 0.1) is 25.8 Å². The molecule has 1 saturated heterocycles. The Kier molecular flexibility index (Phi) is 7.26. The first kappa shape index (κ1) is 18.4. The average molecular weight is 314 g/mol. The molecule has 0 spiro atoms. The molecule has 1 unspecified atom stereocenters. The van der Waals surface area contributed by atoms with E-state index in [1.165, 1.54) is 0 Å². The highest BCUT2D eigenvalue weighted by molar-refractivity contribution is 5.90. The third-order valence-electron chi connectivity index (χ3n) is 3.51. The van der Waals surface area contributed by atoms with Crippen molar-refractivity contribution in [3.05, 3.63) is 0 Å². The normalized spacial score (nSPS) is 17.8. The Morgan fingerprint density at radius 1 is 1.18 bits per heavy atom. The van der Waals surface area contributed by atoms with Crippen LogP contribution < -0.4 is 16.4 Å². The van der Waals surface area contributed by atoms with Gasteiger partial charge in [0, 0.05) is 13.1 Å². The summed E-state index contributed by atoms with van der Waals surface area (Å²) in [6.07, 6.45) is 0. The average Bonchev–Trinajstić information content (AvgIpc) is 2.51. The van der Waals surface area contributed by atoms with Gasteiger partial charge in [0.1, 0.15) is 6.04 Å². The van der Waals surface area contributed by atoms with Crippen LogP contribution in [0.4, 0.5) is 0 Å². The molecule has 0 aromatic rings. The smallest absolute Gasteiger partial charge is 0.245 e. The lowest BCUT2D eigenvalue weighted by Gasteiger charge is -2.29. The molecular formula is C14H26N4O4. The van der Waals surface area contributed by atoms with Crippen LogP contribution in [0.5, 0.6) is 0 Å². The van der Waals surface area contributed by atoms with E-state index >= 15 is 0 Å². The highest BCUT2D eigenvalue weighted by Gasteiger charge is 2.24. The van der Waals surface area contributed by atoms with E-state index < -0.39 is 18.0 Å². The van der Waals surface area contributed by atoms with E-state index in [2.05, 4.69) is 10.6 Å². The zero-order valence-electron chi connectivity index (χ0n) is 13.4. The van der Waals surface area contributed by atoms with Crippen molar-refractivity contribution in [1.82, 2.24) is 15.5 Å². The van der Waals surface area contributed by atoms with E-state index in [1.54, 1.807) is 11.8 Å². The molecule has 8 nitrogen and oxygen atoms in total. The van der Waals surface area contributed by atoms with Crippen molar-refractivity contribution in [2.24, 2.45) is 11.7 Å². The molecule has 2 atom stereocenters. The molecule has 0 aromatic carbocycles. The second-order valence-corrected chi connectivity index (χ2v) is 5.71. The highest BCUT2D eigenvalue weighted by Crippen LogP contribution is 2.00. The summed E-state index contributed by atoms with van der Waals surface area (Å²) in [4.78, 5) is 37.2. The maximum absolute atomic E-state index is 12.1. The number of amides is 3. The first-order valence-electron chi connectivity index (χ1n) is 7.52. The van der Waals surface area contributed by atoms with Gasteiger partial charge in [0.2, 0.25) is 17.7 Å². The molecule has 1 aliphatic heterocycles. The van der Waals surface area contributed by atoms with E-state index in [4.69, 9.17) is 10.5 Å². The summed E-state index contributed by atoms with van der Waals surface area (Å²) in [5.74, 6) is -0.956. The van der Waals surface area contributed by atoms with E-state index in [1.807, 2.05) is 13.8 Å². The molecule has 1 aliphatic rings. The predicted molar refractivity (Wildman–Crippen MR) is 80.8 cm³/mol. The number of nitrogens with one attached hydrogen (secondary N) is 2. The highest BCUT2D eigenvalue weighted by atomic mass is 16.5. The monoisotopic (exact) mass is 314 g/mol. The Bertz CT molecular complexity index is 408. The maximum atomic E-state index is 12.1. The second kappa shape index (κ2) is 8.70. The maximum Gasteiger partial charge on any atom is 0.245 e. The summed E-state index contributed by atoms with van der Waals surface area (Å²) in [7, 11) is 0. The van der Waals surface area contributed by atoms with E-state index in [0.717, 1.165) is 0 Å². The van der Waals surface area contributed by atoms with Crippen LogP contribution in [0, 0.1) is 5.92 Å². The lowest BCUT2D eigenvalue weighted by molar-refractivity contribution is -0.139. The summed E-state index contributed by atoms with van der Waals surface area (Å²) in [5.41, 5.74) is 5.68. The van der Waals surface area contributed by atoms with Gasteiger partial charge >= 0.3 is 0 Å². The summed E-state index contributed by atoms with van der Waals surface area (Å²) in [6.45, 7) is 7.15. The molecule has 1 heterocycles. The zero-order valence-corrected chi connectivity index (χ0v) is 13.4. The van der Waals surface area contributed by atoms with Crippen molar-refractivity contribution in [3.63, 3.8) is 0 Å². The molecule has 0 radical (unpaired) electrons. The second-order valence-electron chi connectivity index (χ2n) is 5.71. The SMILES string of the molecule is CC(NC(=O)CNC(=O)[C@@H](N)C(C)C)C(=O)N1CCOCC1. The number of morpholine rings is 1. The van der Waals surface area contributed by atoms with Crippen LogP contribution >= 0.6 is 0 Å². The number of carbonyl (C=O) groups is 3. The van der Waals surface area contributed by atoms with Crippen molar-refractivity contribution < 1.29 is 19.1 Å². The van der Waals surface area contributed by atoms with E-state index in [-0.39, 0.29) is 24.3 Å². The first-order valence-corrected chi connectivity index (χ1v) is 7.52. The van der Waals surface area contributed by atoms with Crippen LogP contribution in [0.15, 0.2) is 0 Å². The molecule has 3 amide bonds. The van der Waals surface area contributed by atoms with Crippen LogP contribution in [0.3, 0.4) is 0 Å². The Hall–Kier alpha value is -1.67. The molecule has 8 heteroatoms. The van der Waals surface area contributed by atoms with Gasteiger partial charge < -0.3 is 26.0 Å². The molecular weight excluding hydrogens is 288 g/mol. The van der Waals surface area contributed by atoms with E-state index in [0.29, 0.717) is 26.3 Å². The molecule has 4 N–H and O–H groups in total. The molecule has 0 saturated carbocycles. The van der Waals surface area contributed by atoms with Crippen LogP contribution in [0.1, 0.15) is 20.8 Å². The number of hydrogen-bond donors (Lipinski definition) is 3. The van der Waals surface area contributed by atoms with Crippen LogP contribution in [-0.4, -0.2) is 67.6 Å². The standard InChI is InChI=1S/C14H26N4O4/c1-9(2)12(15)13(20)16-8-11(19)17-10(3)14(21)18-4-6-22-7-5-18/h9-10,12H,4-8,15H2,1-3H3,(H,16,20)(H,17,19)/t10?,12-/m0/s1. The van der Waals surface area contributed by atoms with Gasteiger partial charge in [0.15, 0.2) is 0 Å². The van der Waals surface area contributed by atoms with Crippen LogP contribution in [0.25, 0.3) is 0 Å². The number of rotatable bonds is 6. The van der Waals surface area contributed by atoms with Crippen molar-refractivity contribution >= 4 is 17.7 Å². The number of nitrogens with two attached hydrogens (primary N) is 1. The fourth-order valence-electron chi connectivity index (χ4n) is 2.00. The lowest BCUT2D eigenvalue weighted by Crippen LogP contribution is -2.53. The van der Waals surface area contributed by atoms with Crippen molar-refractivity contribution in [1.29, 1.82) is 0 Å². The Morgan fingerprint density at radius 2 is 1.77 bits per heavy atom.